The lowest BCUT2D eigenvalue weighted by Gasteiger charge is -2.26. The van der Waals surface area contributed by atoms with Crippen molar-refractivity contribution in [1.29, 1.82) is 0 Å². The minimum absolute atomic E-state index is 0.135. The summed E-state index contributed by atoms with van der Waals surface area (Å²) in [5.41, 5.74) is 1.59. The number of aromatic nitrogens is 5. The molecule has 0 bridgehead atoms. The van der Waals surface area contributed by atoms with Crippen molar-refractivity contribution in [2.45, 2.75) is 46.1 Å². The van der Waals surface area contributed by atoms with Crippen LogP contribution in [0.4, 0.5) is 5.95 Å². The Morgan fingerprint density at radius 2 is 1.97 bits per heavy atom. The molecule has 2 rings (SSSR count). The zero-order valence-corrected chi connectivity index (χ0v) is 17.7. The van der Waals surface area contributed by atoms with Gasteiger partial charge in [0.15, 0.2) is 5.76 Å². The van der Waals surface area contributed by atoms with Gasteiger partial charge in [-0.25, -0.2) is 9.97 Å². The molecule has 8 heteroatoms. The van der Waals surface area contributed by atoms with E-state index < -0.39 is 0 Å². The highest BCUT2D eigenvalue weighted by Gasteiger charge is 2.16. The van der Waals surface area contributed by atoms with Gasteiger partial charge in [0, 0.05) is 25.5 Å². The average molecular weight is 398 g/mol. The first kappa shape index (κ1) is 22.3. The van der Waals surface area contributed by atoms with Crippen LogP contribution in [0.5, 0.6) is 0 Å². The van der Waals surface area contributed by atoms with Crippen molar-refractivity contribution in [3.8, 4) is 0 Å². The molecule has 0 radical (unpaired) electrons. The highest BCUT2D eigenvalue weighted by molar-refractivity contribution is 5.57. The summed E-state index contributed by atoms with van der Waals surface area (Å²) in [5, 5.41) is 13.4. The van der Waals surface area contributed by atoms with Crippen LogP contribution in [-0.4, -0.2) is 49.7 Å². The molecule has 0 unspecified atom stereocenters. The molecule has 1 N–H and O–H groups in total. The summed E-state index contributed by atoms with van der Waals surface area (Å²) in [7, 11) is 1.89. The lowest BCUT2D eigenvalue weighted by molar-refractivity contribution is -0.0932. The van der Waals surface area contributed by atoms with E-state index in [4.69, 9.17) is 4.84 Å². The summed E-state index contributed by atoms with van der Waals surface area (Å²) < 4.78 is 0. The second-order valence-electron chi connectivity index (χ2n) is 6.75. The van der Waals surface area contributed by atoms with Gasteiger partial charge in [-0.3, -0.25) is 0 Å². The monoisotopic (exact) mass is 397 g/mol. The zero-order chi connectivity index (χ0) is 21.1. The number of nitrogens with zero attached hydrogens (tertiary/aromatic N) is 6. The highest BCUT2D eigenvalue weighted by Crippen LogP contribution is 2.16. The van der Waals surface area contributed by atoms with Gasteiger partial charge in [-0.2, -0.15) is 10.2 Å². The predicted molar refractivity (Wildman–Crippen MR) is 116 cm³/mol. The van der Waals surface area contributed by atoms with Crippen LogP contribution >= 0.6 is 0 Å². The van der Waals surface area contributed by atoms with Crippen molar-refractivity contribution in [2.24, 2.45) is 0 Å². The molecular formula is C21H31N7O. The van der Waals surface area contributed by atoms with Crippen LogP contribution in [-0.2, 0) is 4.84 Å². The van der Waals surface area contributed by atoms with E-state index in [1.807, 2.05) is 32.2 Å². The van der Waals surface area contributed by atoms with E-state index >= 15 is 0 Å². The second-order valence-corrected chi connectivity index (χ2v) is 6.75. The number of nitrogens with one attached hydrogen (secondary N) is 1. The molecule has 0 amide bonds. The number of rotatable bonds is 12. The van der Waals surface area contributed by atoms with Crippen LogP contribution in [0.1, 0.15) is 38.7 Å². The first-order valence-corrected chi connectivity index (χ1v) is 9.90. The van der Waals surface area contributed by atoms with Crippen molar-refractivity contribution in [3.63, 3.8) is 0 Å². The Kier molecular flexibility index (Phi) is 9.04. The van der Waals surface area contributed by atoms with E-state index in [9.17, 15) is 0 Å². The third-order valence-corrected chi connectivity index (χ3v) is 4.05. The normalized spacial score (nSPS) is 13.1. The smallest absolute Gasteiger partial charge is 0.222 e. The fraction of sp³-hybridized carbons (Fsp3) is 0.429. The van der Waals surface area contributed by atoms with Crippen LogP contribution in [0.25, 0.3) is 5.70 Å². The van der Waals surface area contributed by atoms with Gasteiger partial charge in [-0.15, -0.1) is 9.86 Å². The minimum atomic E-state index is 0.135. The molecule has 0 aromatic carbocycles. The molecule has 2 aromatic heterocycles. The third-order valence-electron chi connectivity index (χ3n) is 4.05. The minimum Gasteiger partial charge on any atom is -0.404 e. The van der Waals surface area contributed by atoms with E-state index in [0.29, 0.717) is 23.9 Å². The lowest BCUT2D eigenvalue weighted by atomic mass is 10.1. The summed E-state index contributed by atoms with van der Waals surface area (Å²) in [4.78, 5) is 16.2. The molecule has 0 aliphatic rings. The Morgan fingerprint density at radius 1 is 1.28 bits per heavy atom. The SMILES string of the molecule is C=C(/C(=C\C=C/CC)ON(C)C[C@@H](CCC)Nc1ncc(C)cn1)n1nccn1. The van der Waals surface area contributed by atoms with Gasteiger partial charge in [-0.1, -0.05) is 39.0 Å². The van der Waals surface area contributed by atoms with Crippen LogP contribution < -0.4 is 5.32 Å². The summed E-state index contributed by atoms with van der Waals surface area (Å²) in [6.07, 6.45) is 15.6. The third kappa shape index (κ3) is 7.50. The maximum absolute atomic E-state index is 6.08. The van der Waals surface area contributed by atoms with Crippen LogP contribution in [0.2, 0.25) is 0 Å². The molecule has 0 saturated heterocycles. The number of hydrogen-bond donors (Lipinski definition) is 1. The predicted octanol–water partition coefficient (Wildman–Crippen LogP) is 3.84. The van der Waals surface area contributed by atoms with Gasteiger partial charge in [0.1, 0.15) is 5.70 Å². The Labute approximate surface area is 173 Å². The molecular weight excluding hydrogens is 366 g/mol. The lowest BCUT2D eigenvalue weighted by Crippen LogP contribution is -2.35. The van der Waals surface area contributed by atoms with E-state index in [1.54, 1.807) is 29.9 Å². The van der Waals surface area contributed by atoms with E-state index in [-0.39, 0.29) is 6.04 Å². The van der Waals surface area contributed by atoms with Crippen LogP contribution in [0.3, 0.4) is 0 Å². The molecule has 1 atom stereocenters. The molecule has 0 spiro atoms. The number of anilines is 1. The standard InChI is InChI=1S/C21H31N7O/c1-6-8-9-11-20(18(4)28-24-12-13-25-28)29-27(5)16-19(10-7-2)26-21-22-14-17(3)15-23-21/h8-9,11-15,19H,4,6-7,10,16H2,1-3,5H3,(H,22,23,26)/b9-8-,20-11+/t19-/m1/s1. The Hall–Kier alpha value is -3.00. The number of allylic oxidation sites excluding steroid dienone is 4. The number of hydroxylamine groups is 2. The molecule has 156 valence electrons. The Morgan fingerprint density at radius 3 is 2.59 bits per heavy atom. The van der Waals surface area contributed by atoms with Crippen molar-refractivity contribution >= 4 is 11.6 Å². The van der Waals surface area contributed by atoms with Gasteiger partial charge < -0.3 is 10.2 Å². The molecule has 2 heterocycles. The zero-order valence-electron chi connectivity index (χ0n) is 17.7. The largest absolute Gasteiger partial charge is 0.404 e. The first-order chi connectivity index (χ1) is 14.0. The van der Waals surface area contributed by atoms with Gasteiger partial charge in [0.25, 0.3) is 0 Å². The fourth-order valence-electron chi connectivity index (χ4n) is 2.65. The molecule has 8 nitrogen and oxygen atoms in total. The van der Waals surface area contributed by atoms with Crippen LogP contribution in [0, 0.1) is 6.92 Å². The average Bonchev–Trinajstić information content (AvgIpc) is 3.23. The Balaban J connectivity index is 2.06. The van der Waals surface area contributed by atoms with E-state index in [1.165, 1.54) is 4.80 Å². The van der Waals surface area contributed by atoms with Gasteiger partial charge in [0.2, 0.25) is 5.95 Å². The van der Waals surface area contributed by atoms with Gasteiger partial charge in [0.05, 0.1) is 18.9 Å². The van der Waals surface area contributed by atoms with Crippen molar-refractivity contribution in [3.05, 3.63) is 60.9 Å². The topological polar surface area (TPSA) is 81.0 Å². The van der Waals surface area contributed by atoms with Crippen LogP contribution in [0.15, 0.2) is 55.4 Å². The van der Waals surface area contributed by atoms with Crippen molar-refractivity contribution in [1.82, 2.24) is 30.0 Å². The summed E-state index contributed by atoms with van der Waals surface area (Å²) in [5.74, 6) is 1.20. The summed E-state index contributed by atoms with van der Waals surface area (Å²) >= 11 is 0. The number of aryl methyl sites for hydroxylation is 1. The molecule has 0 saturated carbocycles. The molecule has 0 aliphatic carbocycles. The molecule has 0 aliphatic heterocycles. The quantitative estimate of drug-likeness (QED) is 0.331. The van der Waals surface area contributed by atoms with Crippen molar-refractivity contribution in [2.75, 3.05) is 18.9 Å². The second kappa shape index (κ2) is 11.8. The summed E-state index contributed by atoms with van der Waals surface area (Å²) in [6, 6.07) is 0.135. The van der Waals surface area contributed by atoms with E-state index in [0.717, 1.165) is 24.8 Å². The molecule has 2 aromatic rings. The Bertz CT molecular complexity index is 797. The van der Waals surface area contributed by atoms with Crippen molar-refractivity contribution < 1.29 is 4.84 Å². The van der Waals surface area contributed by atoms with Gasteiger partial charge >= 0.3 is 0 Å². The molecule has 0 fully saturated rings. The summed E-state index contributed by atoms with van der Waals surface area (Å²) in [6.45, 7) is 10.9. The fourth-order valence-corrected chi connectivity index (χ4v) is 2.65. The van der Waals surface area contributed by atoms with E-state index in [2.05, 4.69) is 45.9 Å². The molecule has 29 heavy (non-hydrogen) atoms. The van der Waals surface area contributed by atoms with Gasteiger partial charge in [-0.05, 0) is 31.4 Å². The maximum atomic E-state index is 6.08. The first-order valence-electron chi connectivity index (χ1n) is 9.90. The maximum Gasteiger partial charge on any atom is 0.222 e. The number of likely N-dealkylation sites (N-methyl/N-ethyl adjacent to an activating group) is 1. The highest BCUT2D eigenvalue weighted by atomic mass is 16.7. The number of hydrogen-bond acceptors (Lipinski definition) is 7.